The van der Waals surface area contributed by atoms with Gasteiger partial charge in [-0.1, -0.05) is 67.0 Å². The number of carboxylic acids is 1. The summed E-state index contributed by atoms with van der Waals surface area (Å²) in [5, 5.41) is 13.7. The zero-order valence-corrected chi connectivity index (χ0v) is 35.4. The number of hydrogen-bond donors (Lipinski definition) is 2. The van der Waals surface area contributed by atoms with Crippen LogP contribution in [-0.2, 0) is 14.6 Å². The number of nitrogens with one attached hydrogen (secondary N) is 1. The molecule has 3 saturated carbocycles. The second kappa shape index (κ2) is 15.6. The molecule has 6 nitrogen and oxygen atoms in total. The first-order chi connectivity index (χ1) is 24.9. The van der Waals surface area contributed by atoms with E-state index >= 15 is 0 Å². The molecule has 0 aromatic heterocycles. The second-order valence-electron chi connectivity index (χ2n) is 20.5. The maximum absolute atomic E-state index is 14.2. The Labute approximate surface area is 322 Å². The molecule has 1 saturated heterocycles. The van der Waals surface area contributed by atoms with Gasteiger partial charge in [0, 0.05) is 37.1 Å². The lowest BCUT2D eigenvalue weighted by atomic mass is 9.39. The molecule has 4 fully saturated rings. The molecular formula is C45H75FN2O4S. The molecule has 0 radical (unpaired) electrons. The van der Waals surface area contributed by atoms with E-state index in [1.165, 1.54) is 75.4 Å². The number of hydrogen-bond acceptors (Lipinski definition) is 5. The van der Waals surface area contributed by atoms with Gasteiger partial charge in [-0.15, -0.1) is 0 Å². The number of carboxylic acid groups (broad SMARTS) is 1. The Morgan fingerprint density at radius 1 is 1.00 bits per heavy atom. The summed E-state index contributed by atoms with van der Waals surface area (Å²) < 4.78 is 38.3. The molecule has 1 heterocycles. The third-order valence-corrected chi connectivity index (χ3v) is 19.2. The predicted molar refractivity (Wildman–Crippen MR) is 215 cm³/mol. The fourth-order valence-corrected chi connectivity index (χ4v) is 15.1. The third kappa shape index (κ3) is 7.75. The SMILES string of the molecule is CC[C@H]1CC[C@@H]2[C@H]3[C@H](C(C)C)CC[C@]3(NCCN3CCS(=O)(=O)CC3)CC[C@@]2(C)[C@]1(C)CC[C@@H]1CCC=C(C2=CC[C@@](CF)(CC(=O)O)CC2)C1(C)C. The summed E-state index contributed by atoms with van der Waals surface area (Å²) >= 11 is 0. The van der Waals surface area contributed by atoms with E-state index in [-0.39, 0.29) is 22.8 Å². The van der Waals surface area contributed by atoms with Crippen LogP contribution in [-0.4, -0.2) is 74.3 Å². The average molecular weight is 759 g/mol. The smallest absolute Gasteiger partial charge is 0.304 e. The Kier molecular flexibility index (Phi) is 12.2. The maximum atomic E-state index is 14.2. The topological polar surface area (TPSA) is 86.7 Å². The van der Waals surface area contributed by atoms with Crippen molar-refractivity contribution in [1.82, 2.24) is 10.2 Å². The number of halogens is 1. The van der Waals surface area contributed by atoms with E-state index in [4.69, 9.17) is 0 Å². The Bertz CT molecular complexity index is 1490. The Balaban J connectivity index is 1.19. The van der Waals surface area contributed by atoms with Crippen molar-refractivity contribution < 1.29 is 22.7 Å². The number of aliphatic carboxylic acids is 1. The minimum absolute atomic E-state index is 0.0397. The summed E-state index contributed by atoms with van der Waals surface area (Å²) in [4.78, 5) is 13.9. The fourth-order valence-electron chi connectivity index (χ4n) is 13.9. The monoisotopic (exact) mass is 759 g/mol. The third-order valence-electron chi connectivity index (χ3n) is 17.5. The number of rotatable bonds is 13. The second-order valence-corrected chi connectivity index (χ2v) is 22.8. The van der Waals surface area contributed by atoms with E-state index in [2.05, 4.69) is 70.8 Å². The minimum atomic E-state index is -2.86. The Morgan fingerprint density at radius 3 is 2.36 bits per heavy atom. The molecule has 0 amide bonds. The molecule has 0 aromatic rings. The van der Waals surface area contributed by atoms with Crippen LogP contribution in [0, 0.1) is 57.2 Å². The van der Waals surface area contributed by atoms with Crippen LogP contribution in [0.25, 0.3) is 0 Å². The zero-order valence-electron chi connectivity index (χ0n) is 34.6. The van der Waals surface area contributed by atoms with Gasteiger partial charge < -0.3 is 15.3 Å². The fraction of sp³-hybridized carbons (Fsp3) is 0.889. The first kappa shape index (κ1) is 41.4. The lowest BCUT2D eigenvalue weighted by molar-refractivity contribution is -0.163. The lowest BCUT2D eigenvalue weighted by Crippen LogP contribution is -2.65. The van der Waals surface area contributed by atoms with Crippen molar-refractivity contribution in [3.05, 3.63) is 23.3 Å². The van der Waals surface area contributed by atoms with Crippen LogP contribution in [0.1, 0.15) is 145 Å². The molecular weight excluding hydrogens is 684 g/mol. The van der Waals surface area contributed by atoms with Gasteiger partial charge in [0.2, 0.25) is 0 Å². The van der Waals surface area contributed by atoms with Crippen LogP contribution >= 0.6 is 0 Å². The maximum Gasteiger partial charge on any atom is 0.304 e. The molecule has 6 aliphatic rings. The van der Waals surface area contributed by atoms with Crippen molar-refractivity contribution in [3.63, 3.8) is 0 Å². The van der Waals surface area contributed by atoms with E-state index in [1.54, 1.807) is 0 Å². The Morgan fingerprint density at radius 2 is 1.74 bits per heavy atom. The van der Waals surface area contributed by atoms with Gasteiger partial charge in [-0.05, 0) is 146 Å². The first-order valence-corrected chi connectivity index (χ1v) is 23.6. The minimum Gasteiger partial charge on any atom is -0.481 e. The average Bonchev–Trinajstić information content (AvgIpc) is 3.49. The molecule has 0 bridgehead atoms. The van der Waals surface area contributed by atoms with Gasteiger partial charge in [0.05, 0.1) is 24.6 Å². The van der Waals surface area contributed by atoms with Crippen LogP contribution in [0.3, 0.4) is 0 Å². The highest BCUT2D eigenvalue weighted by atomic mass is 32.2. The molecule has 1 aliphatic heterocycles. The highest BCUT2D eigenvalue weighted by Crippen LogP contribution is 2.70. The lowest BCUT2D eigenvalue weighted by Gasteiger charge is -2.66. The van der Waals surface area contributed by atoms with E-state index in [0.717, 1.165) is 43.7 Å². The molecule has 0 spiro atoms. The van der Waals surface area contributed by atoms with Crippen molar-refractivity contribution in [3.8, 4) is 0 Å². The van der Waals surface area contributed by atoms with Crippen molar-refractivity contribution in [2.24, 2.45) is 57.2 Å². The van der Waals surface area contributed by atoms with Crippen LogP contribution < -0.4 is 5.32 Å². The van der Waals surface area contributed by atoms with Crippen LogP contribution in [0.4, 0.5) is 4.39 Å². The van der Waals surface area contributed by atoms with Crippen LogP contribution in [0.15, 0.2) is 23.3 Å². The van der Waals surface area contributed by atoms with Gasteiger partial charge in [-0.25, -0.2) is 8.42 Å². The normalized spacial score (nSPS) is 41.3. The zero-order chi connectivity index (χ0) is 38.5. The van der Waals surface area contributed by atoms with Crippen LogP contribution in [0.2, 0.25) is 0 Å². The van der Waals surface area contributed by atoms with Crippen molar-refractivity contribution >= 4 is 15.8 Å². The van der Waals surface area contributed by atoms with Crippen molar-refractivity contribution in [2.45, 2.75) is 150 Å². The summed E-state index contributed by atoms with van der Waals surface area (Å²) in [6.07, 6.45) is 20.4. The number of alkyl halides is 1. The van der Waals surface area contributed by atoms with Gasteiger partial charge in [-0.2, -0.15) is 0 Å². The predicted octanol–water partition coefficient (Wildman–Crippen LogP) is 9.65. The first-order valence-electron chi connectivity index (χ1n) is 21.8. The highest BCUT2D eigenvalue weighted by molar-refractivity contribution is 7.91. The van der Waals surface area contributed by atoms with Crippen LogP contribution in [0.5, 0.6) is 0 Å². The molecule has 2 N–H and O–H groups in total. The molecule has 0 unspecified atom stereocenters. The quantitative estimate of drug-likeness (QED) is 0.195. The number of allylic oxidation sites excluding steroid dienone is 4. The standard InChI is InChI=1S/C45H75FN2O4S/c1-8-34-12-13-38-40-36(32(2)3)17-21-45(40,47-24-25-48-26-28-53(51,52)29-27-48)23-22-43(38,7)42(34,6)18-16-35-10-9-11-37(41(35,4)5)33-14-19-44(31-46,20-15-33)30-39(49)50/h11,14,32,34-36,38,40,47H,8-10,12-13,15-31H2,1-7H3,(H,49,50)/t34-,35-,36-,38+,40+,42+,43+,44-,45-/m0/s1. The number of nitrogens with zero attached hydrogens (tertiary/aromatic N) is 1. The summed E-state index contributed by atoms with van der Waals surface area (Å²) in [7, 11) is -2.86. The van der Waals surface area contributed by atoms with E-state index < -0.39 is 27.9 Å². The van der Waals surface area contributed by atoms with Gasteiger partial charge >= 0.3 is 5.97 Å². The molecule has 53 heavy (non-hydrogen) atoms. The van der Waals surface area contributed by atoms with E-state index in [9.17, 15) is 22.7 Å². The van der Waals surface area contributed by atoms with Gasteiger partial charge in [0.15, 0.2) is 9.84 Å². The van der Waals surface area contributed by atoms with Gasteiger partial charge in [0.25, 0.3) is 0 Å². The molecule has 302 valence electrons. The summed E-state index contributed by atoms with van der Waals surface area (Å²) in [6, 6.07) is 0. The van der Waals surface area contributed by atoms with E-state index in [1.807, 2.05) is 0 Å². The molecule has 9 atom stereocenters. The summed E-state index contributed by atoms with van der Waals surface area (Å²) in [5.41, 5.74) is 2.86. The van der Waals surface area contributed by atoms with Crippen molar-refractivity contribution in [2.75, 3.05) is 44.4 Å². The number of sulfone groups is 1. The Hall–Kier alpha value is -1.25. The molecule has 0 aromatic carbocycles. The summed E-state index contributed by atoms with van der Waals surface area (Å²) in [6.45, 7) is 20.4. The van der Waals surface area contributed by atoms with Crippen molar-refractivity contribution in [1.29, 1.82) is 0 Å². The molecule has 6 rings (SSSR count). The largest absolute Gasteiger partial charge is 0.481 e. The summed E-state index contributed by atoms with van der Waals surface area (Å²) in [5.74, 6) is 3.88. The van der Waals surface area contributed by atoms with Gasteiger partial charge in [0.1, 0.15) is 0 Å². The molecule has 8 heteroatoms. The van der Waals surface area contributed by atoms with Gasteiger partial charge in [-0.3, -0.25) is 9.18 Å². The number of carbonyl (C=O) groups is 1. The highest BCUT2D eigenvalue weighted by Gasteiger charge is 2.65. The molecule has 5 aliphatic carbocycles. The van der Waals surface area contributed by atoms with E-state index in [0.29, 0.717) is 60.6 Å². The number of fused-ring (bicyclic) bond motifs is 3.